The molecule has 17 heavy (non-hydrogen) atoms. The fourth-order valence-corrected chi connectivity index (χ4v) is 1.28. The van der Waals surface area contributed by atoms with Gasteiger partial charge in [0.1, 0.15) is 0 Å². The second-order valence-electron chi connectivity index (χ2n) is 3.60. The molecule has 1 aromatic rings. The van der Waals surface area contributed by atoms with Crippen LogP contribution < -0.4 is 4.90 Å². The average Bonchev–Trinajstić information content (AvgIpc) is 2.27. The summed E-state index contributed by atoms with van der Waals surface area (Å²) in [5, 5.41) is 17.6. The zero-order chi connectivity index (χ0) is 13.1. The smallest absolute Gasteiger partial charge is 0.382 e. The first-order valence-electron chi connectivity index (χ1n) is 4.80. The van der Waals surface area contributed by atoms with E-state index in [1.54, 1.807) is 18.2 Å². The van der Waals surface area contributed by atoms with Crippen molar-refractivity contribution in [3.8, 4) is 6.07 Å². The number of anilines is 1. The van der Waals surface area contributed by atoms with Gasteiger partial charge in [0.25, 0.3) is 0 Å². The summed E-state index contributed by atoms with van der Waals surface area (Å²) in [5.74, 6) is 0. The molecule has 0 saturated carbocycles. The largest absolute Gasteiger partial charge is 0.416 e. The lowest BCUT2D eigenvalue weighted by Crippen LogP contribution is -2.39. The molecule has 0 bridgehead atoms. The molecular formula is C11H11F3N2O. The van der Waals surface area contributed by atoms with Crippen LogP contribution in [0, 0.1) is 11.3 Å². The van der Waals surface area contributed by atoms with Gasteiger partial charge in [-0.05, 0) is 18.2 Å². The minimum Gasteiger partial charge on any atom is -0.382 e. The second kappa shape index (κ2) is 5.06. The Hall–Kier alpha value is -1.74. The van der Waals surface area contributed by atoms with Crippen molar-refractivity contribution in [1.82, 2.24) is 0 Å². The Kier molecular flexibility index (Phi) is 3.97. The molecule has 0 spiro atoms. The number of rotatable bonds is 3. The van der Waals surface area contributed by atoms with Gasteiger partial charge in [0, 0.05) is 12.7 Å². The van der Waals surface area contributed by atoms with Crippen molar-refractivity contribution in [2.24, 2.45) is 0 Å². The van der Waals surface area contributed by atoms with Crippen LogP contribution in [-0.2, 0) is 0 Å². The Morgan fingerprint density at radius 1 is 1.47 bits per heavy atom. The number of hydrogen-bond donors (Lipinski definition) is 1. The van der Waals surface area contributed by atoms with E-state index in [1.165, 1.54) is 18.0 Å². The molecule has 92 valence electrons. The van der Waals surface area contributed by atoms with Gasteiger partial charge in [-0.3, -0.25) is 0 Å². The zero-order valence-electron chi connectivity index (χ0n) is 9.07. The molecule has 0 amide bonds. The maximum absolute atomic E-state index is 12.1. The third kappa shape index (κ3) is 3.64. The summed E-state index contributed by atoms with van der Waals surface area (Å²) in [7, 11) is 1.42. The van der Waals surface area contributed by atoms with E-state index in [2.05, 4.69) is 0 Å². The molecule has 6 heteroatoms. The van der Waals surface area contributed by atoms with Crippen molar-refractivity contribution in [1.29, 1.82) is 5.26 Å². The molecule has 0 aromatic heterocycles. The molecule has 1 rings (SSSR count). The van der Waals surface area contributed by atoms with Crippen molar-refractivity contribution in [2.75, 3.05) is 18.5 Å². The highest BCUT2D eigenvalue weighted by atomic mass is 19.4. The van der Waals surface area contributed by atoms with Crippen LogP contribution >= 0.6 is 0 Å². The normalized spacial score (nSPS) is 12.9. The lowest BCUT2D eigenvalue weighted by Gasteiger charge is -2.24. The van der Waals surface area contributed by atoms with Crippen molar-refractivity contribution < 1.29 is 18.3 Å². The van der Waals surface area contributed by atoms with Gasteiger partial charge in [0.2, 0.25) is 0 Å². The summed E-state index contributed by atoms with van der Waals surface area (Å²) in [5.41, 5.74) is 0.809. The van der Waals surface area contributed by atoms with Crippen LogP contribution in [0.1, 0.15) is 5.56 Å². The average molecular weight is 244 g/mol. The van der Waals surface area contributed by atoms with Crippen molar-refractivity contribution in [3.05, 3.63) is 29.8 Å². The molecule has 1 atom stereocenters. The fraction of sp³-hybridized carbons (Fsp3) is 0.364. The number of hydrogen-bond acceptors (Lipinski definition) is 3. The summed E-state index contributed by atoms with van der Waals surface area (Å²) >= 11 is 0. The lowest BCUT2D eigenvalue weighted by molar-refractivity contribution is -0.200. The van der Waals surface area contributed by atoms with Gasteiger partial charge in [-0.2, -0.15) is 18.4 Å². The maximum Gasteiger partial charge on any atom is 0.416 e. The van der Waals surface area contributed by atoms with Gasteiger partial charge in [-0.15, -0.1) is 0 Å². The molecule has 1 aromatic carbocycles. The number of nitrogens with zero attached hydrogens (tertiary/aromatic N) is 2. The Morgan fingerprint density at radius 2 is 2.12 bits per heavy atom. The number of benzene rings is 1. The molecule has 3 nitrogen and oxygen atoms in total. The number of likely N-dealkylation sites (N-methyl/N-ethyl adjacent to an activating group) is 1. The Labute approximate surface area is 96.7 Å². The highest BCUT2D eigenvalue weighted by Gasteiger charge is 2.38. The monoisotopic (exact) mass is 244 g/mol. The third-order valence-corrected chi connectivity index (χ3v) is 2.24. The first-order chi connectivity index (χ1) is 7.84. The quantitative estimate of drug-likeness (QED) is 0.883. The van der Waals surface area contributed by atoms with Crippen LogP contribution in [-0.4, -0.2) is 31.0 Å². The van der Waals surface area contributed by atoms with Crippen molar-refractivity contribution >= 4 is 5.69 Å². The summed E-state index contributed by atoms with van der Waals surface area (Å²) in [4.78, 5) is 1.25. The van der Waals surface area contributed by atoms with Gasteiger partial charge in [-0.25, -0.2) is 0 Å². The molecular weight excluding hydrogens is 233 g/mol. The van der Waals surface area contributed by atoms with E-state index in [-0.39, 0.29) is 0 Å². The number of aliphatic hydroxyl groups is 1. The number of halogens is 3. The van der Waals surface area contributed by atoms with Gasteiger partial charge in [0.05, 0.1) is 18.2 Å². The fourth-order valence-electron chi connectivity index (χ4n) is 1.28. The first-order valence-corrected chi connectivity index (χ1v) is 4.80. The highest BCUT2D eigenvalue weighted by molar-refractivity contribution is 5.50. The number of nitriles is 1. The SMILES string of the molecule is CN(CC(O)C(F)(F)F)c1cccc(C#N)c1. The molecule has 0 saturated heterocycles. The highest BCUT2D eigenvalue weighted by Crippen LogP contribution is 2.22. The molecule has 0 heterocycles. The predicted octanol–water partition coefficient (Wildman–Crippen LogP) is 1.92. The summed E-state index contributed by atoms with van der Waals surface area (Å²) < 4.78 is 36.4. The Morgan fingerprint density at radius 3 is 2.65 bits per heavy atom. The van der Waals surface area contributed by atoms with Crippen LogP contribution in [0.2, 0.25) is 0 Å². The van der Waals surface area contributed by atoms with Crippen LogP contribution in [0.4, 0.5) is 18.9 Å². The minimum atomic E-state index is -4.64. The molecule has 0 radical (unpaired) electrons. The van der Waals surface area contributed by atoms with Crippen LogP contribution in [0.3, 0.4) is 0 Å². The van der Waals surface area contributed by atoms with E-state index in [1.807, 2.05) is 6.07 Å². The zero-order valence-corrected chi connectivity index (χ0v) is 9.07. The molecule has 0 aliphatic heterocycles. The number of alkyl halides is 3. The summed E-state index contributed by atoms with van der Waals surface area (Å²) in [6.45, 7) is -0.571. The number of aliphatic hydroxyl groups excluding tert-OH is 1. The van der Waals surface area contributed by atoms with E-state index in [0.29, 0.717) is 11.3 Å². The molecule has 1 unspecified atom stereocenters. The molecule has 0 fully saturated rings. The molecule has 0 aliphatic carbocycles. The topological polar surface area (TPSA) is 47.3 Å². The summed E-state index contributed by atoms with van der Waals surface area (Å²) in [6, 6.07) is 8.06. The standard InChI is InChI=1S/C11H11F3N2O/c1-16(7-10(17)11(12,13)14)9-4-2-3-8(5-9)6-15/h2-5,10,17H,7H2,1H3. The lowest BCUT2D eigenvalue weighted by atomic mass is 10.2. The van der Waals surface area contributed by atoms with Crippen LogP contribution in [0.15, 0.2) is 24.3 Å². The van der Waals surface area contributed by atoms with E-state index in [4.69, 9.17) is 10.4 Å². The first kappa shape index (κ1) is 13.3. The minimum absolute atomic E-state index is 0.357. The van der Waals surface area contributed by atoms with E-state index in [9.17, 15) is 13.2 Å². The summed E-state index contributed by atoms with van der Waals surface area (Å²) in [6.07, 6.45) is -7.04. The molecule has 0 aliphatic rings. The predicted molar refractivity (Wildman–Crippen MR) is 56.5 cm³/mol. The van der Waals surface area contributed by atoms with E-state index < -0.39 is 18.8 Å². The van der Waals surface area contributed by atoms with Crippen LogP contribution in [0.25, 0.3) is 0 Å². The van der Waals surface area contributed by atoms with Gasteiger partial charge in [-0.1, -0.05) is 6.07 Å². The second-order valence-corrected chi connectivity index (χ2v) is 3.60. The van der Waals surface area contributed by atoms with E-state index >= 15 is 0 Å². The Balaban J connectivity index is 2.77. The van der Waals surface area contributed by atoms with Gasteiger partial charge in [0.15, 0.2) is 6.10 Å². The van der Waals surface area contributed by atoms with E-state index in [0.717, 1.165) is 0 Å². The third-order valence-electron chi connectivity index (χ3n) is 2.24. The van der Waals surface area contributed by atoms with Gasteiger partial charge >= 0.3 is 6.18 Å². The van der Waals surface area contributed by atoms with Crippen molar-refractivity contribution in [3.63, 3.8) is 0 Å². The van der Waals surface area contributed by atoms with Crippen molar-refractivity contribution in [2.45, 2.75) is 12.3 Å². The van der Waals surface area contributed by atoms with Crippen LogP contribution in [0.5, 0.6) is 0 Å². The molecule has 1 N–H and O–H groups in total. The Bertz CT molecular complexity index is 425. The van der Waals surface area contributed by atoms with Gasteiger partial charge < -0.3 is 10.0 Å². The maximum atomic E-state index is 12.1.